The van der Waals surface area contributed by atoms with Crippen LogP contribution < -0.4 is 5.01 Å². The average molecular weight is 222 g/mol. The first-order valence-corrected chi connectivity index (χ1v) is 4.47. The summed E-state index contributed by atoms with van der Waals surface area (Å²) >= 11 is 0. The van der Waals surface area contributed by atoms with E-state index in [2.05, 4.69) is 5.10 Å². The van der Waals surface area contributed by atoms with Crippen LogP contribution in [0.25, 0.3) is 0 Å². The van der Waals surface area contributed by atoms with Gasteiger partial charge in [-0.15, -0.1) is 0 Å². The van der Waals surface area contributed by atoms with E-state index in [9.17, 15) is 14.0 Å². The number of rotatable bonds is 2. The molecule has 0 saturated carbocycles. The molecule has 1 aromatic rings. The monoisotopic (exact) mass is 222 g/mol. The van der Waals surface area contributed by atoms with Crippen molar-refractivity contribution >= 4 is 23.3 Å². The van der Waals surface area contributed by atoms with Gasteiger partial charge < -0.3 is 5.11 Å². The van der Waals surface area contributed by atoms with Crippen LogP contribution in [-0.4, -0.2) is 22.7 Å². The molecule has 0 radical (unpaired) electrons. The molecule has 0 unspecified atom stereocenters. The third-order valence-corrected chi connectivity index (χ3v) is 2.09. The van der Waals surface area contributed by atoms with Crippen LogP contribution in [0.3, 0.4) is 0 Å². The van der Waals surface area contributed by atoms with Gasteiger partial charge in [-0.3, -0.25) is 4.79 Å². The van der Waals surface area contributed by atoms with Crippen molar-refractivity contribution in [3.05, 3.63) is 30.1 Å². The van der Waals surface area contributed by atoms with Crippen molar-refractivity contribution in [1.29, 1.82) is 0 Å². The Bertz CT molecular complexity index is 481. The summed E-state index contributed by atoms with van der Waals surface area (Å²) in [5.74, 6) is -2.10. The summed E-state index contributed by atoms with van der Waals surface area (Å²) in [6.45, 7) is 0. The smallest absolute Gasteiger partial charge is 0.352 e. The van der Waals surface area contributed by atoms with E-state index in [1.807, 2.05) is 0 Å². The van der Waals surface area contributed by atoms with E-state index in [1.54, 1.807) is 0 Å². The number of benzene rings is 1. The summed E-state index contributed by atoms with van der Waals surface area (Å²) in [5.41, 5.74) is 0.136. The molecule has 82 valence electrons. The minimum absolute atomic E-state index is 0.214. The van der Waals surface area contributed by atoms with Gasteiger partial charge in [0.15, 0.2) is 5.71 Å². The van der Waals surface area contributed by atoms with Gasteiger partial charge in [0.25, 0.3) is 5.91 Å². The number of hydrazone groups is 1. The molecule has 1 aliphatic heterocycles. The summed E-state index contributed by atoms with van der Waals surface area (Å²) in [4.78, 5) is 22.0. The predicted molar refractivity (Wildman–Crippen MR) is 53.6 cm³/mol. The Hall–Kier alpha value is -2.24. The summed E-state index contributed by atoms with van der Waals surface area (Å²) in [6, 6.07) is 5.08. The number of halogens is 1. The molecular weight excluding hydrogens is 215 g/mol. The summed E-state index contributed by atoms with van der Waals surface area (Å²) in [7, 11) is 0. The van der Waals surface area contributed by atoms with Gasteiger partial charge in [0.1, 0.15) is 5.82 Å². The molecule has 1 heterocycles. The number of amides is 1. The lowest BCUT2D eigenvalue weighted by Gasteiger charge is -2.10. The molecule has 1 amide bonds. The number of carbonyl (C=O) groups is 2. The zero-order valence-electron chi connectivity index (χ0n) is 8.05. The summed E-state index contributed by atoms with van der Waals surface area (Å²) in [5, 5.41) is 13.3. The highest BCUT2D eigenvalue weighted by molar-refractivity contribution is 6.42. The normalized spacial score (nSPS) is 15.2. The SMILES string of the molecule is O=C(O)C1=NN(c2ccc(F)cc2)C(=O)C1. The van der Waals surface area contributed by atoms with Crippen LogP contribution >= 0.6 is 0 Å². The molecule has 1 N–H and O–H groups in total. The van der Waals surface area contributed by atoms with Crippen molar-refractivity contribution < 1.29 is 19.1 Å². The van der Waals surface area contributed by atoms with E-state index in [0.717, 1.165) is 5.01 Å². The lowest BCUT2D eigenvalue weighted by atomic mass is 10.2. The van der Waals surface area contributed by atoms with E-state index in [4.69, 9.17) is 5.11 Å². The van der Waals surface area contributed by atoms with Crippen LogP contribution in [0.15, 0.2) is 29.4 Å². The number of nitrogens with zero attached hydrogens (tertiary/aromatic N) is 2. The maximum Gasteiger partial charge on any atom is 0.352 e. The highest BCUT2D eigenvalue weighted by atomic mass is 19.1. The van der Waals surface area contributed by atoms with Crippen molar-refractivity contribution in [2.45, 2.75) is 6.42 Å². The van der Waals surface area contributed by atoms with Gasteiger partial charge >= 0.3 is 5.97 Å². The molecule has 0 spiro atoms. The predicted octanol–water partition coefficient (Wildman–Crippen LogP) is 1.00. The molecule has 0 saturated heterocycles. The van der Waals surface area contributed by atoms with Gasteiger partial charge in [-0.25, -0.2) is 9.18 Å². The zero-order valence-corrected chi connectivity index (χ0v) is 8.05. The van der Waals surface area contributed by atoms with Gasteiger partial charge in [0.05, 0.1) is 12.1 Å². The molecule has 16 heavy (non-hydrogen) atoms. The van der Waals surface area contributed by atoms with E-state index >= 15 is 0 Å². The van der Waals surface area contributed by atoms with Crippen molar-refractivity contribution in [2.75, 3.05) is 5.01 Å². The molecule has 0 atom stereocenters. The molecule has 0 aliphatic carbocycles. The van der Waals surface area contributed by atoms with Crippen LogP contribution in [0, 0.1) is 5.82 Å². The van der Waals surface area contributed by atoms with Crippen LogP contribution in [0.5, 0.6) is 0 Å². The zero-order chi connectivity index (χ0) is 11.7. The minimum Gasteiger partial charge on any atom is -0.477 e. The number of aliphatic carboxylic acids is 1. The topological polar surface area (TPSA) is 70.0 Å². The highest BCUT2D eigenvalue weighted by Crippen LogP contribution is 2.20. The van der Waals surface area contributed by atoms with Crippen LogP contribution in [-0.2, 0) is 9.59 Å². The van der Waals surface area contributed by atoms with Gasteiger partial charge in [0.2, 0.25) is 0 Å². The maximum absolute atomic E-state index is 12.6. The third kappa shape index (κ3) is 1.77. The molecule has 1 aromatic carbocycles. The first kappa shape index (κ1) is 10.3. The van der Waals surface area contributed by atoms with Crippen LogP contribution in [0.4, 0.5) is 10.1 Å². The fourth-order valence-corrected chi connectivity index (χ4v) is 1.33. The first-order valence-electron chi connectivity index (χ1n) is 4.47. The Balaban J connectivity index is 2.31. The Labute approximate surface area is 89.8 Å². The molecule has 0 bridgehead atoms. The van der Waals surface area contributed by atoms with Crippen molar-refractivity contribution in [3.63, 3.8) is 0 Å². The number of carboxylic acid groups (broad SMARTS) is 1. The van der Waals surface area contributed by atoms with Gasteiger partial charge in [-0.05, 0) is 24.3 Å². The second-order valence-corrected chi connectivity index (χ2v) is 3.21. The lowest BCUT2D eigenvalue weighted by Crippen LogP contribution is -2.19. The molecular formula is C10H7FN2O3. The summed E-state index contributed by atoms with van der Waals surface area (Å²) < 4.78 is 12.6. The first-order chi connectivity index (χ1) is 7.58. The molecule has 2 rings (SSSR count). The lowest BCUT2D eigenvalue weighted by molar-refractivity contribution is -0.129. The summed E-state index contributed by atoms with van der Waals surface area (Å²) in [6.07, 6.45) is -0.243. The highest BCUT2D eigenvalue weighted by Gasteiger charge is 2.28. The second-order valence-electron chi connectivity index (χ2n) is 3.21. The van der Waals surface area contributed by atoms with Gasteiger partial charge in [-0.2, -0.15) is 10.1 Å². The number of anilines is 1. The molecule has 5 nitrogen and oxygen atoms in total. The number of hydrogen-bond acceptors (Lipinski definition) is 3. The van der Waals surface area contributed by atoms with E-state index in [1.165, 1.54) is 24.3 Å². The van der Waals surface area contributed by atoms with E-state index in [-0.39, 0.29) is 12.1 Å². The third-order valence-electron chi connectivity index (χ3n) is 2.09. The Morgan fingerprint density at radius 3 is 2.50 bits per heavy atom. The Morgan fingerprint density at radius 2 is 2.00 bits per heavy atom. The Morgan fingerprint density at radius 1 is 1.38 bits per heavy atom. The van der Waals surface area contributed by atoms with Gasteiger partial charge in [0, 0.05) is 0 Å². The molecule has 1 aliphatic rings. The standard InChI is InChI=1S/C10H7FN2O3/c11-6-1-3-7(4-2-6)13-9(14)5-8(12-13)10(15)16/h1-4H,5H2,(H,15,16). The number of hydrogen-bond donors (Lipinski definition) is 1. The maximum atomic E-state index is 12.6. The largest absolute Gasteiger partial charge is 0.477 e. The average Bonchev–Trinajstić information content (AvgIpc) is 2.62. The van der Waals surface area contributed by atoms with Crippen molar-refractivity contribution in [3.8, 4) is 0 Å². The number of carbonyl (C=O) groups excluding carboxylic acids is 1. The second kappa shape index (κ2) is 3.73. The fraction of sp³-hybridized carbons (Fsp3) is 0.100. The number of carboxylic acids is 1. The fourth-order valence-electron chi connectivity index (χ4n) is 1.33. The van der Waals surface area contributed by atoms with Crippen molar-refractivity contribution in [1.82, 2.24) is 0 Å². The van der Waals surface area contributed by atoms with Crippen LogP contribution in [0.1, 0.15) is 6.42 Å². The minimum atomic E-state index is -1.22. The van der Waals surface area contributed by atoms with Crippen molar-refractivity contribution in [2.24, 2.45) is 5.10 Å². The van der Waals surface area contributed by atoms with E-state index < -0.39 is 17.7 Å². The molecule has 0 fully saturated rings. The van der Waals surface area contributed by atoms with E-state index in [0.29, 0.717) is 5.69 Å². The Kier molecular flexibility index (Phi) is 2.40. The quantitative estimate of drug-likeness (QED) is 0.811. The van der Waals surface area contributed by atoms with Crippen LogP contribution in [0.2, 0.25) is 0 Å². The van der Waals surface area contributed by atoms with Gasteiger partial charge in [-0.1, -0.05) is 0 Å². The molecule has 0 aromatic heterocycles. The molecule has 6 heteroatoms.